The predicted molar refractivity (Wildman–Crippen MR) is 95.2 cm³/mol. The van der Waals surface area contributed by atoms with E-state index in [1.165, 1.54) is 24.2 Å². The third kappa shape index (κ3) is 6.17. The molecule has 7 heteroatoms. The van der Waals surface area contributed by atoms with Crippen molar-refractivity contribution in [2.45, 2.75) is 53.0 Å². The molecule has 6 nitrogen and oxygen atoms in total. The van der Waals surface area contributed by atoms with Crippen LogP contribution in [0.1, 0.15) is 66.4 Å². The Morgan fingerprint density at radius 3 is 2.74 bits per heavy atom. The second-order valence-electron chi connectivity index (χ2n) is 5.26. The minimum atomic E-state index is -0.303. The zero-order chi connectivity index (χ0) is 17.2. The number of nitrogens with one attached hydrogen (secondary N) is 2. The van der Waals surface area contributed by atoms with E-state index in [-0.39, 0.29) is 12.0 Å². The van der Waals surface area contributed by atoms with Crippen LogP contribution in [0.4, 0.5) is 0 Å². The first-order valence-corrected chi connectivity index (χ1v) is 8.96. The van der Waals surface area contributed by atoms with Gasteiger partial charge in [0.1, 0.15) is 9.88 Å². The lowest BCUT2D eigenvalue weighted by Gasteiger charge is -2.16. The van der Waals surface area contributed by atoms with Crippen molar-refractivity contribution in [2.75, 3.05) is 20.2 Å². The maximum Gasteiger partial charge on any atom is 0.350 e. The molecule has 0 aliphatic carbocycles. The Labute approximate surface area is 142 Å². The molecular formula is C16H28N4O2S. The first-order chi connectivity index (χ1) is 11.0. The van der Waals surface area contributed by atoms with Crippen LogP contribution in [0.5, 0.6) is 0 Å². The van der Waals surface area contributed by atoms with Gasteiger partial charge in [0.05, 0.1) is 18.3 Å². The molecule has 0 aliphatic rings. The summed E-state index contributed by atoms with van der Waals surface area (Å²) in [6.45, 7) is 9.08. The van der Waals surface area contributed by atoms with Gasteiger partial charge >= 0.3 is 5.97 Å². The van der Waals surface area contributed by atoms with Gasteiger partial charge in [-0.15, -0.1) is 11.3 Å². The molecule has 0 aliphatic heterocycles. The van der Waals surface area contributed by atoms with E-state index < -0.39 is 0 Å². The molecule has 0 fully saturated rings. The number of aryl methyl sites for hydroxylation is 1. The zero-order valence-corrected chi connectivity index (χ0v) is 15.5. The van der Waals surface area contributed by atoms with E-state index in [0.29, 0.717) is 17.2 Å². The summed E-state index contributed by atoms with van der Waals surface area (Å²) in [4.78, 5) is 21.2. The van der Waals surface area contributed by atoms with Crippen molar-refractivity contribution in [1.29, 1.82) is 0 Å². The zero-order valence-electron chi connectivity index (χ0n) is 14.7. The number of carbonyl (C=O) groups excluding carboxylic acids is 1. The molecule has 130 valence electrons. The van der Waals surface area contributed by atoms with Crippen LogP contribution < -0.4 is 10.6 Å². The van der Waals surface area contributed by atoms with Crippen LogP contribution in [0.25, 0.3) is 0 Å². The van der Waals surface area contributed by atoms with Gasteiger partial charge in [-0.05, 0) is 27.2 Å². The highest BCUT2D eigenvalue weighted by molar-refractivity contribution is 7.13. The van der Waals surface area contributed by atoms with Crippen molar-refractivity contribution < 1.29 is 9.53 Å². The summed E-state index contributed by atoms with van der Waals surface area (Å²) in [6.07, 6.45) is 3.52. The van der Waals surface area contributed by atoms with Crippen LogP contribution in [0.3, 0.4) is 0 Å². The number of thiazole rings is 1. The number of hydrogen-bond donors (Lipinski definition) is 2. The van der Waals surface area contributed by atoms with Gasteiger partial charge in [0, 0.05) is 13.6 Å². The van der Waals surface area contributed by atoms with Crippen LogP contribution in [0.2, 0.25) is 0 Å². The molecule has 23 heavy (non-hydrogen) atoms. The Morgan fingerprint density at radius 1 is 1.39 bits per heavy atom. The number of hydrogen-bond acceptors (Lipinski definition) is 5. The number of guanidine groups is 1. The molecule has 1 aromatic rings. The highest BCUT2D eigenvalue weighted by Crippen LogP contribution is 2.24. The Kier molecular flexibility index (Phi) is 8.61. The normalized spacial score (nSPS) is 12.8. The lowest BCUT2D eigenvalue weighted by Crippen LogP contribution is -2.39. The molecule has 0 aromatic carbocycles. The second kappa shape index (κ2) is 10.2. The molecule has 1 rings (SSSR count). The van der Waals surface area contributed by atoms with E-state index in [9.17, 15) is 4.79 Å². The molecular weight excluding hydrogens is 312 g/mol. The largest absolute Gasteiger partial charge is 0.462 e. The highest BCUT2D eigenvalue weighted by atomic mass is 32.1. The van der Waals surface area contributed by atoms with Gasteiger partial charge in [0.25, 0.3) is 0 Å². The fourth-order valence-corrected chi connectivity index (χ4v) is 2.99. The Hall–Kier alpha value is -1.63. The summed E-state index contributed by atoms with van der Waals surface area (Å²) in [6, 6.07) is -0.0285. The number of aliphatic imine (C=N–C) groups is 1. The van der Waals surface area contributed by atoms with Crippen LogP contribution >= 0.6 is 11.3 Å². The van der Waals surface area contributed by atoms with E-state index in [4.69, 9.17) is 4.74 Å². The minimum absolute atomic E-state index is 0.0285. The lowest BCUT2D eigenvalue weighted by molar-refractivity contribution is 0.0531. The predicted octanol–water partition coefficient (Wildman–Crippen LogP) is 3.04. The quantitative estimate of drug-likeness (QED) is 0.329. The summed E-state index contributed by atoms with van der Waals surface area (Å²) in [5.74, 6) is 0.446. The van der Waals surface area contributed by atoms with Gasteiger partial charge in [0.2, 0.25) is 0 Å². The summed E-state index contributed by atoms with van der Waals surface area (Å²) in [5.41, 5.74) is 0.711. The summed E-state index contributed by atoms with van der Waals surface area (Å²) in [7, 11) is 1.75. The fourth-order valence-electron chi connectivity index (χ4n) is 2.03. The molecule has 2 N–H and O–H groups in total. The van der Waals surface area contributed by atoms with Gasteiger partial charge < -0.3 is 15.4 Å². The standard InChI is InChI=1S/C16H28N4O2S/c1-6-8-9-10-18-16(17-5)20-12(4)14-19-11(3)13(23-14)15(21)22-7-2/h12H,6-10H2,1-5H3,(H2,17,18,20). The van der Waals surface area contributed by atoms with Crippen molar-refractivity contribution in [3.63, 3.8) is 0 Å². The maximum atomic E-state index is 11.9. The molecule has 0 bridgehead atoms. The molecule has 0 amide bonds. The maximum absolute atomic E-state index is 11.9. The topological polar surface area (TPSA) is 75.6 Å². The summed E-state index contributed by atoms with van der Waals surface area (Å²) >= 11 is 1.37. The molecule has 0 radical (unpaired) electrons. The fraction of sp³-hybridized carbons (Fsp3) is 0.688. The smallest absolute Gasteiger partial charge is 0.350 e. The second-order valence-corrected chi connectivity index (χ2v) is 6.29. The molecule has 0 spiro atoms. The first-order valence-electron chi connectivity index (χ1n) is 8.15. The van der Waals surface area contributed by atoms with Gasteiger partial charge in [0.15, 0.2) is 5.96 Å². The molecule has 1 heterocycles. The van der Waals surface area contributed by atoms with Crippen molar-refractivity contribution >= 4 is 23.3 Å². The van der Waals surface area contributed by atoms with E-state index in [2.05, 4.69) is 27.5 Å². The third-order valence-electron chi connectivity index (χ3n) is 3.29. The average Bonchev–Trinajstić information content (AvgIpc) is 2.92. The molecule has 1 unspecified atom stereocenters. The van der Waals surface area contributed by atoms with Crippen LogP contribution in [0, 0.1) is 6.92 Å². The van der Waals surface area contributed by atoms with Crippen LogP contribution in [-0.2, 0) is 4.74 Å². The third-order valence-corrected chi connectivity index (χ3v) is 4.61. The number of aromatic nitrogens is 1. The Morgan fingerprint density at radius 2 is 2.13 bits per heavy atom. The molecule has 0 saturated heterocycles. The molecule has 1 aromatic heterocycles. The molecule has 1 atom stereocenters. The first kappa shape index (κ1) is 19.4. The van der Waals surface area contributed by atoms with E-state index in [1.54, 1.807) is 14.0 Å². The van der Waals surface area contributed by atoms with Crippen LogP contribution in [0.15, 0.2) is 4.99 Å². The Balaban J connectivity index is 2.64. The number of ether oxygens (including phenoxy) is 1. The summed E-state index contributed by atoms with van der Waals surface area (Å²) < 4.78 is 5.06. The van der Waals surface area contributed by atoms with E-state index in [0.717, 1.165) is 23.9 Å². The van der Waals surface area contributed by atoms with E-state index >= 15 is 0 Å². The number of rotatable bonds is 8. The van der Waals surface area contributed by atoms with E-state index in [1.807, 2.05) is 13.8 Å². The number of carbonyl (C=O) groups is 1. The highest BCUT2D eigenvalue weighted by Gasteiger charge is 2.19. The van der Waals surface area contributed by atoms with Crippen molar-refractivity contribution in [3.05, 3.63) is 15.6 Å². The monoisotopic (exact) mass is 340 g/mol. The van der Waals surface area contributed by atoms with Crippen molar-refractivity contribution in [3.8, 4) is 0 Å². The molecule has 0 saturated carbocycles. The number of nitrogens with zero attached hydrogens (tertiary/aromatic N) is 2. The Bertz CT molecular complexity index is 528. The van der Waals surface area contributed by atoms with Crippen molar-refractivity contribution in [1.82, 2.24) is 15.6 Å². The van der Waals surface area contributed by atoms with Gasteiger partial charge in [-0.3, -0.25) is 4.99 Å². The van der Waals surface area contributed by atoms with Crippen LogP contribution in [-0.4, -0.2) is 37.1 Å². The lowest BCUT2D eigenvalue weighted by atomic mass is 10.2. The SMILES string of the molecule is CCCCCNC(=NC)NC(C)c1nc(C)c(C(=O)OCC)s1. The average molecular weight is 340 g/mol. The van der Waals surface area contributed by atoms with Crippen molar-refractivity contribution in [2.24, 2.45) is 4.99 Å². The number of unbranched alkanes of at least 4 members (excludes halogenated alkanes) is 2. The minimum Gasteiger partial charge on any atom is -0.462 e. The number of esters is 1. The van der Waals surface area contributed by atoms with Gasteiger partial charge in [-0.2, -0.15) is 0 Å². The summed E-state index contributed by atoms with van der Waals surface area (Å²) in [5, 5.41) is 7.45. The van der Waals surface area contributed by atoms with Gasteiger partial charge in [-0.1, -0.05) is 19.8 Å². The van der Waals surface area contributed by atoms with Gasteiger partial charge in [-0.25, -0.2) is 9.78 Å².